The quantitative estimate of drug-likeness (QED) is 0.735. The summed E-state index contributed by atoms with van der Waals surface area (Å²) < 4.78 is 0. The summed E-state index contributed by atoms with van der Waals surface area (Å²) in [6, 6.07) is 1.87. The minimum Gasteiger partial charge on any atom is -0.341 e. The number of anilines is 3. The summed E-state index contributed by atoms with van der Waals surface area (Å²) in [6.07, 6.45) is 4.84. The summed E-state index contributed by atoms with van der Waals surface area (Å²) in [5.74, 6) is 2.44. The second-order valence-corrected chi connectivity index (χ2v) is 9.55. The minimum atomic E-state index is -0.176. The Morgan fingerprint density at radius 3 is 2.68 bits per heavy atom. The van der Waals surface area contributed by atoms with E-state index in [2.05, 4.69) is 41.2 Å². The second kappa shape index (κ2) is 8.48. The fourth-order valence-corrected chi connectivity index (χ4v) is 4.55. The van der Waals surface area contributed by atoms with Gasteiger partial charge in [-0.15, -0.1) is 0 Å². The Morgan fingerprint density at radius 1 is 1.23 bits per heavy atom. The molecule has 8 heteroatoms. The first kappa shape index (κ1) is 21.6. The van der Waals surface area contributed by atoms with Gasteiger partial charge >= 0.3 is 0 Å². The zero-order valence-electron chi connectivity index (χ0n) is 19.5. The molecule has 1 atom stereocenters. The molecule has 0 unspecified atom stereocenters. The molecule has 3 heterocycles. The van der Waals surface area contributed by atoms with Crippen LogP contribution in [0.3, 0.4) is 0 Å². The highest BCUT2D eigenvalue weighted by molar-refractivity contribution is 5.85. The van der Waals surface area contributed by atoms with Crippen molar-refractivity contribution in [1.29, 1.82) is 0 Å². The summed E-state index contributed by atoms with van der Waals surface area (Å²) in [7, 11) is 0. The summed E-state index contributed by atoms with van der Waals surface area (Å²) >= 11 is 0. The van der Waals surface area contributed by atoms with Crippen molar-refractivity contribution in [1.82, 2.24) is 25.1 Å². The Morgan fingerprint density at radius 2 is 2.00 bits per heavy atom. The van der Waals surface area contributed by atoms with Gasteiger partial charge in [-0.05, 0) is 46.0 Å². The number of hydrogen-bond donors (Lipinski definition) is 2. The topological polar surface area (TPSA) is 90.0 Å². The van der Waals surface area contributed by atoms with E-state index < -0.39 is 0 Å². The first-order valence-electron chi connectivity index (χ1n) is 11.6. The van der Waals surface area contributed by atoms with E-state index in [1.807, 2.05) is 24.8 Å². The van der Waals surface area contributed by atoms with E-state index in [4.69, 9.17) is 9.97 Å². The van der Waals surface area contributed by atoms with Crippen molar-refractivity contribution < 1.29 is 4.79 Å². The molecule has 1 aliphatic carbocycles. The molecule has 31 heavy (non-hydrogen) atoms. The zero-order valence-corrected chi connectivity index (χ0v) is 19.5. The molecule has 1 fully saturated rings. The fraction of sp³-hybridized carbons (Fsp3) is 0.652. The molecule has 0 spiro atoms. The van der Waals surface area contributed by atoms with Gasteiger partial charge in [-0.1, -0.05) is 20.8 Å². The van der Waals surface area contributed by atoms with Gasteiger partial charge in [-0.2, -0.15) is 10.1 Å². The van der Waals surface area contributed by atoms with E-state index in [-0.39, 0.29) is 17.4 Å². The highest BCUT2D eigenvalue weighted by atomic mass is 16.2. The molecule has 0 aromatic carbocycles. The van der Waals surface area contributed by atoms with E-state index in [1.54, 1.807) is 0 Å². The largest absolute Gasteiger partial charge is 0.341 e. The fourth-order valence-electron chi connectivity index (χ4n) is 4.55. The lowest BCUT2D eigenvalue weighted by Gasteiger charge is -2.29. The lowest BCUT2D eigenvalue weighted by molar-refractivity contribution is -0.132. The van der Waals surface area contributed by atoms with E-state index in [0.29, 0.717) is 5.95 Å². The number of aryl methyl sites for hydroxylation is 1. The van der Waals surface area contributed by atoms with Crippen LogP contribution in [0.25, 0.3) is 0 Å². The molecule has 168 valence electrons. The normalized spacial score (nSPS) is 18.4. The van der Waals surface area contributed by atoms with Crippen LogP contribution >= 0.6 is 0 Å². The number of carbonyl (C=O) groups is 1. The molecule has 4 rings (SSSR count). The van der Waals surface area contributed by atoms with Gasteiger partial charge in [0.1, 0.15) is 11.9 Å². The molecule has 8 nitrogen and oxygen atoms in total. The summed E-state index contributed by atoms with van der Waals surface area (Å²) in [4.78, 5) is 26.9. The average molecular weight is 426 g/mol. The Hall–Kier alpha value is -2.64. The third kappa shape index (κ3) is 4.25. The monoisotopic (exact) mass is 425 g/mol. The second-order valence-electron chi connectivity index (χ2n) is 9.55. The van der Waals surface area contributed by atoms with Gasteiger partial charge in [0, 0.05) is 42.4 Å². The molecular weight excluding hydrogens is 390 g/mol. The number of likely N-dealkylation sites (N-methyl/N-ethyl adjacent to an activating group) is 1. The van der Waals surface area contributed by atoms with E-state index in [9.17, 15) is 4.79 Å². The summed E-state index contributed by atoms with van der Waals surface area (Å²) in [5.41, 5.74) is 3.35. The number of nitrogens with zero attached hydrogens (tertiary/aromatic N) is 5. The van der Waals surface area contributed by atoms with Crippen molar-refractivity contribution in [3.63, 3.8) is 0 Å². The van der Waals surface area contributed by atoms with Crippen molar-refractivity contribution in [3.05, 3.63) is 23.0 Å². The van der Waals surface area contributed by atoms with Crippen molar-refractivity contribution in [2.75, 3.05) is 29.9 Å². The number of hydrogen-bond acceptors (Lipinski definition) is 6. The van der Waals surface area contributed by atoms with Crippen LogP contribution in [0.15, 0.2) is 6.07 Å². The van der Waals surface area contributed by atoms with Gasteiger partial charge in [0.15, 0.2) is 5.82 Å². The average Bonchev–Trinajstić information content (AvgIpc) is 3.48. The van der Waals surface area contributed by atoms with E-state index >= 15 is 0 Å². The number of aromatic nitrogens is 4. The molecule has 2 aromatic heterocycles. The summed E-state index contributed by atoms with van der Waals surface area (Å²) in [5, 5.41) is 11.0. The Labute approximate surface area is 184 Å². The maximum Gasteiger partial charge on any atom is 0.245 e. The first-order valence-corrected chi connectivity index (χ1v) is 11.6. The van der Waals surface area contributed by atoms with Gasteiger partial charge in [0.2, 0.25) is 11.9 Å². The Kier molecular flexibility index (Phi) is 5.90. The smallest absolute Gasteiger partial charge is 0.245 e. The van der Waals surface area contributed by atoms with Crippen molar-refractivity contribution in [2.24, 2.45) is 0 Å². The van der Waals surface area contributed by atoms with Crippen LogP contribution < -0.4 is 10.2 Å². The van der Waals surface area contributed by atoms with Crippen molar-refractivity contribution in [3.8, 4) is 0 Å². The van der Waals surface area contributed by atoms with Gasteiger partial charge in [0.05, 0.1) is 5.69 Å². The van der Waals surface area contributed by atoms with Crippen LogP contribution in [-0.4, -0.2) is 56.6 Å². The minimum absolute atomic E-state index is 0.000721. The standard InChI is InChI=1S/C23H35N7O/c1-6-29(7-2)21(31)17-12-9-13-30(17)22-24-16-11-8-10-15(16)20(26-22)25-19-14-18(27-28-19)23(3,4)5/h14,17H,6-13H2,1-5H3,(H2,24,25,26,27,28)/t17-/m1/s1. The van der Waals surface area contributed by atoms with Crippen LogP contribution in [-0.2, 0) is 23.1 Å². The third-order valence-electron chi connectivity index (χ3n) is 6.42. The molecule has 0 radical (unpaired) electrons. The molecule has 1 aliphatic heterocycles. The maximum atomic E-state index is 13.1. The predicted molar refractivity (Wildman–Crippen MR) is 123 cm³/mol. The number of aromatic amines is 1. The first-order chi connectivity index (χ1) is 14.8. The molecular formula is C23H35N7O. The number of fused-ring (bicyclic) bond motifs is 1. The van der Waals surface area contributed by atoms with Crippen molar-refractivity contribution in [2.45, 2.75) is 78.2 Å². The van der Waals surface area contributed by atoms with Gasteiger partial charge < -0.3 is 15.1 Å². The predicted octanol–water partition coefficient (Wildman–Crippen LogP) is 3.57. The molecule has 2 aliphatic rings. The molecule has 2 aromatic rings. The molecule has 0 bridgehead atoms. The van der Waals surface area contributed by atoms with Crippen LogP contribution in [0.1, 0.15) is 70.8 Å². The zero-order chi connectivity index (χ0) is 22.2. The highest BCUT2D eigenvalue weighted by Gasteiger charge is 2.35. The van der Waals surface area contributed by atoms with Crippen LogP contribution in [0.5, 0.6) is 0 Å². The highest BCUT2D eigenvalue weighted by Crippen LogP contribution is 2.33. The SMILES string of the molecule is CCN(CC)C(=O)[C@H]1CCCN1c1nc2c(c(Nc3cc(C(C)(C)C)[nH]n3)n1)CCC2. The van der Waals surface area contributed by atoms with Crippen LogP contribution in [0, 0.1) is 0 Å². The third-order valence-corrected chi connectivity index (χ3v) is 6.42. The van der Waals surface area contributed by atoms with Crippen LogP contribution in [0.2, 0.25) is 0 Å². The molecule has 2 N–H and O–H groups in total. The van der Waals surface area contributed by atoms with Crippen molar-refractivity contribution >= 4 is 23.5 Å². The van der Waals surface area contributed by atoms with Gasteiger partial charge in [0.25, 0.3) is 0 Å². The number of amides is 1. The maximum absolute atomic E-state index is 13.1. The lowest BCUT2D eigenvalue weighted by Crippen LogP contribution is -2.46. The Balaban J connectivity index is 1.64. The number of nitrogens with one attached hydrogen (secondary N) is 2. The number of H-pyrrole nitrogens is 1. The molecule has 0 saturated carbocycles. The van der Waals surface area contributed by atoms with E-state index in [1.165, 1.54) is 5.56 Å². The Bertz CT molecular complexity index is 942. The van der Waals surface area contributed by atoms with Crippen LogP contribution in [0.4, 0.5) is 17.6 Å². The molecule has 1 amide bonds. The summed E-state index contributed by atoms with van der Waals surface area (Å²) in [6.45, 7) is 12.8. The number of carbonyl (C=O) groups excluding carboxylic acids is 1. The lowest BCUT2D eigenvalue weighted by atomic mass is 9.92. The molecule has 1 saturated heterocycles. The number of rotatable bonds is 6. The van der Waals surface area contributed by atoms with Gasteiger partial charge in [-0.25, -0.2) is 4.98 Å². The van der Waals surface area contributed by atoms with Gasteiger partial charge in [-0.3, -0.25) is 9.89 Å². The van der Waals surface area contributed by atoms with E-state index in [0.717, 1.165) is 74.8 Å².